The lowest BCUT2D eigenvalue weighted by Gasteiger charge is -2.05. The van der Waals surface area contributed by atoms with Crippen LogP contribution in [0.2, 0.25) is 0 Å². The third kappa shape index (κ3) is 5.64. The van der Waals surface area contributed by atoms with Crippen molar-refractivity contribution in [2.75, 3.05) is 6.54 Å². The van der Waals surface area contributed by atoms with E-state index in [9.17, 15) is 19.2 Å². The summed E-state index contributed by atoms with van der Waals surface area (Å²) in [7, 11) is 0. The molecule has 0 aromatic heterocycles. The van der Waals surface area contributed by atoms with E-state index in [-0.39, 0.29) is 11.5 Å². The first-order valence-corrected chi connectivity index (χ1v) is 4.91. The Morgan fingerprint density at radius 1 is 1.22 bits per heavy atom. The van der Waals surface area contributed by atoms with Gasteiger partial charge >= 0.3 is 18.0 Å². The van der Waals surface area contributed by atoms with Gasteiger partial charge in [-0.2, -0.15) is 0 Å². The molecule has 8 nitrogen and oxygen atoms in total. The van der Waals surface area contributed by atoms with Crippen molar-refractivity contribution in [2.24, 2.45) is 0 Å². The summed E-state index contributed by atoms with van der Waals surface area (Å²) in [5, 5.41) is 24.4. The van der Waals surface area contributed by atoms with Gasteiger partial charge < -0.3 is 15.3 Å². The number of carboxylic acid groups (broad SMARTS) is 3. The lowest BCUT2D eigenvalue weighted by atomic mass is 10.2. The molecular weight excluding hydrogens is 246 g/mol. The molecule has 8 heteroatoms. The average molecular weight is 259 g/mol. The maximum atomic E-state index is 10.6. The molecule has 0 saturated carbocycles. The number of amides is 2. The third-order valence-corrected chi connectivity index (χ3v) is 1.97. The number of hydrogen-bond acceptors (Lipinski definition) is 4. The maximum absolute atomic E-state index is 10.6. The maximum Gasteiger partial charge on any atom is 0.414 e. The lowest BCUT2D eigenvalue weighted by molar-refractivity contribution is -0.139. The molecule has 1 fully saturated rings. The quantitative estimate of drug-likeness (QED) is 0.624. The number of rotatable bonds is 3. The van der Waals surface area contributed by atoms with Crippen LogP contribution in [0.25, 0.3) is 0 Å². The topological polar surface area (TPSA) is 132 Å². The smallest absolute Gasteiger partial charge is 0.414 e. The number of likely N-dealkylation sites (tertiary alicyclic amines) is 1. The van der Waals surface area contributed by atoms with Gasteiger partial charge in [0, 0.05) is 18.5 Å². The molecule has 1 heterocycles. The van der Waals surface area contributed by atoms with Gasteiger partial charge in [-0.15, -0.1) is 0 Å². The second kappa shape index (κ2) is 7.05. The van der Waals surface area contributed by atoms with Crippen LogP contribution in [0.15, 0.2) is 12.2 Å². The van der Waals surface area contributed by atoms with Crippen LogP contribution in [0, 0.1) is 0 Å². The predicted molar refractivity (Wildman–Crippen MR) is 58.0 cm³/mol. The highest BCUT2D eigenvalue weighted by atomic mass is 16.4. The second-order valence-electron chi connectivity index (χ2n) is 3.41. The summed E-state index contributed by atoms with van der Waals surface area (Å²) >= 11 is 0. The minimum atomic E-state index is -1.27. The van der Waals surface area contributed by atoms with Crippen molar-refractivity contribution >= 4 is 23.9 Å². The first kappa shape index (κ1) is 15.6. The summed E-state index contributed by atoms with van der Waals surface area (Å²) in [6.07, 6.45) is -0.579. The molecule has 0 bridgehead atoms. The highest BCUT2D eigenvalue weighted by molar-refractivity contribution is 5.92. The molecule has 100 valence electrons. The molecular formula is C10H13NO7. The van der Waals surface area contributed by atoms with E-state index < -0.39 is 24.5 Å². The van der Waals surface area contributed by atoms with Crippen LogP contribution in [-0.2, 0) is 14.4 Å². The molecule has 1 aliphatic heterocycles. The normalized spacial score (nSPS) is 13.6. The van der Waals surface area contributed by atoms with E-state index in [1.807, 2.05) is 0 Å². The molecule has 2 amide bonds. The van der Waals surface area contributed by atoms with Crippen LogP contribution in [0.3, 0.4) is 0 Å². The molecule has 3 N–H and O–H groups in total. The van der Waals surface area contributed by atoms with Gasteiger partial charge in [0.1, 0.15) is 0 Å². The summed E-state index contributed by atoms with van der Waals surface area (Å²) in [5.74, 6) is -2.72. The average Bonchev–Trinajstić information content (AvgIpc) is 2.64. The summed E-state index contributed by atoms with van der Waals surface area (Å²) in [6.45, 7) is 3.38. The molecule has 0 aliphatic carbocycles. The summed E-state index contributed by atoms with van der Waals surface area (Å²) in [5.41, 5.74) is -0.303. The zero-order valence-electron chi connectivity index (χ0n) is 9.46. The SMILES string of the molecule is C=C(CC(=O)O)C(=O)O.O=C(O)N1CCCC1=O. The van der Waals surface area contributed by atoms with E-state index in [0.29, 0.717) is 19.4 Å². The number of carbonyl (C=O) groups excluding carboxylic acids is 1. The van der Waals surface area contributed by atoms with Crippen molar-refractivity contribution in [3.05, 3.63) is 12.2 Å². The Balaban J connectivity index is 0.000000321. The Kier molecular flexibility index (Phi) is 6.11. The highest BCUT2D eigenvalue weighted by Crippen LogP contribution is 2.08. The first-order chi connectivity index (χ1) is 8.25. The zero-order chi connectivity index (χ0) is 14.3. The fraction of sp³-hybridized carbons (Fsp3) is 0.400. The molecule has 0 radical (unpaired) electrons. The van der Waals surface area contributed by atoms with Crippen molar-refractivity contribution in [2.45, 2.75) is 19.3 Å². The van der Waals surface area contributed by atoms with Crippen LogP contribution in [-0.4, -0.2) is 50.7 Å². The Morgan fingerprint density at radius 3 is 1.94 bits per heavy atom. The van der Waals surface area contributed by atoms with E-state index in [2.05, 4.69) is 6.58 Å². The van der Waals surface area contributed by atoms with Gasteiger partial charge in [-0.1, -0.05) is 6.58 Å². The number of aliphatic carboxylic acids is 2. The molecule has 1 aliphatic rings. The van der Waals surface area contributed by atoms with Gasteiger partial charge in [-0.05, 0) is 6.42 Å². The van der Waals surface area contributed by atoms with Crippen LogP contribution in [0.4, 0.5) is 4.79 Å². The van der Waals surface area contributed by atoms with Crippen molar-refractivity contribution in [3.63, 3.8) is 0 Å². The van der Waals surface area contributed by atoms with E-state index in [1.165, 1.54) is 0 Å². The lowest BCUT2D eigenvalue weighted by Crippen LogP contribution is -2.29. The standard InChI is InChI=1S/C5H7NO3.C5H6O4/c7-4-2-1-3-6(4)5(8)9;1-3(5(8)9)2-4(6)7/h1-3H2,(H,8,9);1-2H2,(H,6,7)(H,8,9). The Bertz CT molecular complexity index is 388. The highest BCUT2D eigenvalue weighted by Gasteiger charge is 2.25. The fourth-order valence-corrected chi connectivity index (χ4v) is 1.11. The zero-order valence-corrected chi connectivity index (χ0v) is 9.46. The number of hydrogen-bond donors (Lipinski definition) is 3. The minimum Gasteiger partial charge on any atom is -0.481 e. The molecule has 18 heavy (non-hydrogen) atoms. The Hall–Kier alpha value is -2.38. The summed E-state index contributed by atoms with van der Waals surface area (Å²) < 4.78 is 0. The Morgan fingerprint density at radius 2 is 1.78 bits per heavy atom. The first-order valence-electron chi connectivity index (χ1n) is 4.91. The number of carboxylic acids is 2. The largest absolute Gasteiger partial charge is 0.481 e. The minimum absolute atomic E-state index is 0.275. The summed E-state index contributed by atoms with van der Waals surface area (Å²) in [4.78, 5) is 41.2. The summed E-state index contributed by atoms with van der Waals surface area (Å²) in [6, 6.07) is 0. The molecule has 1 rings (SSSR count). The van der Waals surface area contributed by atoms with Gasteiger partial charge in [0.2, 0.25) is 5.91 Å². The second-order valence-corrected chi connectivity index (χ2v) is 3.41. The van der Waals surface area contributed by atoms with Gasteiger partial charge in [-0.25, -0.2) is 14.5 Å². The molecule has 0 aromatic carbocycles. The van der Waals surface area contributed by atoms with Crippen molar-refractivity contribution < 1.29 is 34.5 Å². The van der Waals surface area contributed by atoms with Gasteiger partial charge in [0.05, 0.1) is 6.42 Å². The third-order valence-electron chi connectivity index (χ3n) is 1.97. The number of imide groups is 1. The monoisotopic (exact) mass is 259 g/mol. The van der Waals surface area contributed by atoms with Crippen LogP contribution >= 0.6 is 0 Å². The Labute approximate surface area is 102 Å². The van der Waals surface area contributed by atoms with Gasteiger partial charge in [0.15, 0.2) is 0 Å². The van der Waals surface area contributed by atoms with E-state index in [0.717, 1.165) is 4.90 Å². The van der Waals surface area contributed by atoms with Crippen LogP contribution in [0.1, 0.15) is 19.3 Å². The van der Waals surface area contributed by atoms with Crippen molar-refractivity contribution in [1.82, 2.24) is 4.90 Å². The molecule has 0 aromatic rings. The number of carbonyl (C=O) groups is 4. The fourth-order valence-electron chi connectivity index (χ4n) is 1.11. The van der Waals surface area contributed by atoms with Crippen molar-refractivity contribution in [3.8, 4) is 0 Å². The van der Waals surface area contributed by atoms with E-state index in [4.69, 9.17) is 15.3 Å². The van der Waals surface area contributed by atoms with Crippen LogP contribution < -0.4 is 0 Å². The van der Waals surface area contributed by atoms with Crippen molar-refractivity contribution in [1.29, 1.82) is 0 Å². The molecule has 0 spiro atoms. The van der Waals surface area contributed by atoms with E-state index in [1.54, 1.807) is 0 Å². The van der Waals surface area contributed by atoms with Gasteiger partial charge in [-0.3, -0.25) is 9.59 Å². The van der Waals surface area contributed by atoms with Crippen LogP contribution in [0.5, 0.6) is 0 Å². The molecule has 0 unspecified atom stereocenters. The van der Waals surface area contributed by atoms with E-state index >= 15 is 0 Å². The van der Waals surface area contributed by atoms with Gasteiger partial charge in [0.25, 0.3) is 0 Å². The molecule has 1 saturated heterocycles. The predicted octanol–water partition coefficient (Wildman–Crippen LogP) is 0.389. The number of nitrogens with zero attached hydrogens (tertiary/aromatic N) is 1. The molecule has 0 atom stereocenters.